The first-order valence-electron chi connectivity index (χ1n) is 23.0. The van der Waals surface area contributed by atoms with Gasteiger partial charge in [-0.2, -0.15) is 0 Å². The zero-order valence-electron chi connectivity index (χ0n) is 36.9. The molecule has 9 aromatic carbocycles. The Kier molecular flexibility index (Phi) is 9.43. The monoisotopic (exact) mass is 867 g/mol. The number of para-hydroxylation sites is 3. The summed E-state index contributed by atoms with van der Waals surface area (Å²) in [7, 11) is 0. The summed E-state index contributed by atoms with van der Waals surface area (Å²) in [6.07, 6.45) is 0. The zero-order valence-corrected chi connectivity index (χ0v) is 36.9. The fourth-order valence-electron chi connectivity index (χ4n) is 10.0. The molecule has 0 saturated carbocycles. The second-order valence-electron chi connectivity index (χ2n) is 17.2. The SMILES string of the molecule is c1ccc(-c2cc(-c3cc(-c4cc(-c5ccccc5)nc(-c5ccccc5)n4)ccc3-n3c4ccccc4c4ccc5c(c6ccccc6n5-c5ccccc5)c43)cc(-c3ccccc3)n2)cc1. The van der Waals surface area contributed by atoms with Crippen molar-refractivity contribution >= 4 is 43.6 Å². The minimum absolute atomic E-state index is 0.675. The van der Waals surface area contributed by atoms with Crippen LogP contribution in [0.4, 0.5) is 0 Å². The molecule has 68 heavy (non-hydrogen) atoms. The summed E-state index contributed by atoms with van der Waals surface area (Å²) < 4.78 is 4.91. The van der Waals surface area contributed by atoms with Gasteiger partial charge in [0, 0.05) is 60.6 Å². The Balaban J connectivity index is 1.15. The highest BCUT2D eigenvalue weighted by atomic mass is 15.0. The van der Waals surface area contributed by atoms with Crippen LogP contribution < -0.4 is 0 Å². The van der Waals surface area contributed by atoms with E-state index in [1.165, 1.54) is 21.5 Å². The molecule has 0 bridgehead atoms. The molecule has 0 aliphatic carbocycles. The molecule has 0 amide bonds. The third kappa shape index (κ3) is 6.68. The van der Waals surface area contributed by atoms with Gasteiger partial charge in [-0.15, -0.1) is 0 Å². The van der Waals surface area contributed by atoms with Gasteiger partial charge in [-0.25, -0.2) is 15.0 Å². The van der Waals surface area contributed by atoms with Crippen molar-refractivity contribution < 1.29 is 0 Å². The molecule has 0 radical (unpaired) electrons. The Hall–Kier alpha value is -9.19. The van der Waals surface area contributed by atoms with E-state index in [-0.39, 0.29) is 0 Å². The third-order valence-corrected chi connectivity index (χ3v) is 13.1. The van der Waals surface area contributed by atoms with E-state index in [0.717, 1.165) is 95.2 Å². The topological polar surface area (TPSA) is 48.5 Å². The zero-order chi connectivity index (χ0) is 45.0. The largest absolute Gasteiger partial charge is 0.309 e. The average Bonchev–Trinajstić information content (AvgIpc) is 3.94. The van der Waals surface area contributed by atoms with Gasteiger partial charge >= 0.3 is 0 Å². The van der Waals surface area contributed by atoms with Gasteiger partial charge < -0.3 is 9.13 Å². The lowest BCUT2D eigenvalue weighted by Gasteiger charge is -2.18. The molecule has 4 aromatic heterocycles. The average molecular weight is 868 g/mol. The molecule has 13 rings (SSSR count). The highest BCUT2D eigenvalue weighted by Gasteiger charge is 2.24. The number of aromatic nitrogens is 5. The molecule has 13 aromatic rings. The van der Waals surface area contributed by atoms with Crippen molar-refractivity contribution in [2.24, 2.45) is 0 Å². The highest BCUT2D eigenvalue weighted by Crippen LogP contribution is 2.45. The second-order valence-corrected chi connectivity index (χ2v) is 17.2. The predicted molar refractivity (Wildman–Crippen MR) is 281 cm³/mol. The summed E-state index contributed by atoms with van der Waals surface area (Å²) in [4.78, 5) is 15.8. The summed E-state index contributed by atoms with van der Waals surface area (Å²) in [5.41, 5.74) is 17.4. The summed E-state index contributed by atoms with van der Waals surface area (Å²) in [5, 5.41) is 4.79. The van der Waals surface area contributed by atoms with Crippen LogP contribution in [0.2, 0.25) is 0 Å². The molecule has 0 aliphatic rings. The van der Waals surface area contributed by atoms with E-state index in [9.17, 15) is 0 Å². The van der Waals surface area contributed by atoms with Crippen molar-refractivity contribution in [3.05, 3.63) is 249 Å². The van der Waals surface area contributed by atoms with Crippen molar-refractivity contribution in [2.45, 2.75) is 0 Å². The van der Waals surface area contributed by atoms with E-state index in [4.69, 9.17) is 15.0 Å². The molecule has 0 atom stereocenters. The lowest BCUT2D eigenvalue weighted by molar-refractivity contribution is 1.17. The van der Waals surface area contributed by atoms with E-state index in [0.29, 0.717) is 5.82 Å². The Morgan fingerprint density at radius 3 is 1.37 bits per heavy atom. The molecule has 5 heteroatoms. The molecular formula is C63H41N5. The first kappa shape index (κ1) is 39.2. The molecule has 0 fully saturated rings. The van der Waals surface area contributed by atoms with Crippen LogP contribution >= 0.6 is 0 Å². The van der Waals surface area contributed by atoms with Crippen molar-refractivity contribution in [1.29, 1.82) is 0 Å². The lowest BCUT2D eigenvalue weighted by atomic mass is 9.95. The molecule has 0 aliphatic heterocycles. The Morgan fingerprint density at radius 2 is 0.765 bits per heavy atom. The number of hydrogen-bond donors (Lipinski definition) is 0. The molecule has 4 heterocycles. The first-order valence-corrected chi connectivity index (χ1v) is 23.0. The van der Waals surface area contributed by atoms with Crippen molar-refractivity contribution in [3.63, 3.8) is 0 Å². The van der Waals surface area contributed by atoms with Crippen LogP contribution in [0.5, 0.6) is 0 Å². The minimum atomic E-state index is 0.675. The van der Waals surface area contributed by atoms with Gasteiger partial charge in [-0.3, -0.25) is 0 Å². The fourth-order valence-corrected chi connectivity index (χ4v) is 10.0. The van der Waals surface area contributed by atoms with Gasteiger partial charge in [0.2, 0.25) is 0 Å². The number of hydrogen-bond acceptors (Lipinski definition) is 3. The van der Waals surface area contributed by atoms with Crippen molar-refractivity contribution in [2.75, 3.05) is 0 Å². The molecule has 5 nitrogen and oxygen atoms in total. The number of rotatable bonds is 8. The molecule has 0 unspecified atom stereocenters. The van der Waals surface area contributed by atoms with Crippen LogP contribution in [0.1, 0.15) is 0 Å². The van der Waals surface area contributed by atoms with Crippen LogP contribution in [-0.2, 0) is 0 Å². The maximum absolute atomic E-state index is 5.34. The number of nitrogens with zero attached hydrogens (tertiary/aromatic N) is 5. The van der Waals surface area contributed by atoms with Gasteiger partial charge in [-0.1, -0.05) is 188 Å². The van der Waals surface area contributed by atoms with Crippen molar-refractivity contribution in [1.82, 2.24) is 24.1 Å². The normalized spacial score (nSPS) is 11.5. The number of benzene rings is 9. The van der Waals surface area contributed by atoms with Gasteiger partial charge in [0.1, 0.15) is 0 Å². The quantitative estimate of drug-likeness (QED) is 0.153. The lowest BCUT2D eigenvalue weighted by Crippen LogP contribution is -2.01. The van der Waals surface area contributed by atoms with Crippen LogP contribution in [0.3, 0.4) is 0 Å². The van der Waals surface area contributed by atoms with E-state index >= 15 is 0 Å². The summed E-state index contributed by atoms with van der Waals surface area (Å²) in [6.45, 7) is 0. The first-order chi connectivity index (χ1) is 33.7. The summed E-state index contributed by atoms with van der Waals surface area (Å²) >= 11 is 0. The van der Waals surface area contributed by atoms with Gasteiger partial charge in [0.25, 0.3) is 0 Å². The summed E-state index contributed by atoms with van der Waals surface area (Å²) in [5.74, 6) is 0.675. The van der Waals surface area contributed by atoms with E-state index in [2.05, 4.69) is 234 Å². The number of fused-ring (bicyclic) bond motifs is 7. The van der Waals surface area contributed by atoms with Gasteiger partial charge in [-0.05, 0) is 66.2 Å². The Bertz CT molecular complexity index is 3880. The predicted octanol–water partition coefficient (Wildman–Crippen LogP) is 16.1. The van der Waals surface area contributed by atoms with E-state index < -0.39 is 0 Å². The number of pyridine rings is 1. The van der Waals surface area contributed by atoms with Gasteiger partial charge in [0.15, 0.2) is 5.82 Å². The maximum atomic E-state index is 5.34. The fraction of sp³-hybridized carbons (Fsp3) is 0. The maximum Gasteiger partial charge on any atom is 0.160 e. The Morgan fingerprint density at radius 1 is 0.279 bits per heavy atom. The van der Waals surface area contributed by atoms with Crippen LogP contribution in [0.25, 0.3) is 123 Å². The smallest absolute Gasteiger partial charge is 0.160 e. The Labute approximate surface area is 393 Å². The molecular weight excluding hydrogens is 827 g/mol. The van der Waals surface area contributed by atoms with Gasteiger partial charge in [0.05, 0.1) is 50.5 Å². The van der Waals surface area contributed by atoms with E-state index in [1.54, 1.807) is 0 Å². The van der Waals surface area contributed by atoms with Crippen LogP contribution in [0.15, 0.2) is 249 Å². The minimum Gasteiger partial charge on any atom is -0.309 e. The standard InChI is InChI=1S/C63H41N5/c1-6-20-42(21-7-1)53-39-47(40-54(64-53)43-22-8-2-9-23-43)52-38-46(56-41-55(44-24-10-3-11-25-44)65-63(66-56)45-26-12-4-13-27-45)34-36-59(52)68-57-32-18-16-30-49(57)50-35-37-60-61(62(50)68)51-31-17-19-33-58(51)67(60)48-28-14-5-15-29-48/h1-41H. The highest BCUT2D eigenvalue weighted by molar-refractivity contribution is 6.26. The van der Waals surface area contributed by atoms with Crippen molar-refractivity contribution in [3.8, 4) is 78.9 Å². The molecule has 318 valence electrons. The second kappa shape index (κ2) is 16.4. The van der Waals surface area contributed by atoms with Crippen LogP contribution in [0, 0.1) is 0 Å². The van der Waals surface area contributed by atoms with E-state index in [1.807, 2.05) is 24.3 Å². The summed E-state index contributed by atoms with van der Waals surface area (Å²) in [6, 6.07) is 88.1. The molecule has 0 spiro atoms. The van der Waals surface area contributed by atoms with Crippen LogP contribution in [-0.4, -0.2) is 24.1 Å². The molecule has 0 N–H and O–H groups in total. The molecule has 0 saturated heterocycles. The third-order valence-electron chi connectivity index (χ3n) is 13.1.